The van der Waals surface area contributed by atoms with Crippen molar-refractivity contribution in [1.29, 1.82) is 0 Å². The highest BCUT2D eigenvalue weighted by atomic mass is 31.2. The van der Waals surface area contributed by atoms with Crippen molar-refractivity contribution < 1.29 is 46.7 Å². The van der Waals surface area contributed by atoms with E-state index in [2.05, 4.69) is 0 Å². The molecule has 3 heterocycles. The standard InChI is InChI=1S/C19H29N2O10P/c1-11(2)29-16(24)8-13(26-4)9-27-32(25)28-10-14-17(31-32)19(3,20)18(30-14)21-6-5-12(22)7-15(21)23/h5-6,11,13-14,17-18H,7-10,20H2,1-4H3/t13-,14-,17-,18-,19-,32+/m1/s1. The SMILES string of the molecule is CO[C@@H](CO[P@@]1(=O)OC[C@H]2O[C@@H](N3C=CC(=O)CC3=O)[C@](C)(N)[C@@H]2O1)CC(=O)OC(C)C. The van der Waals surface area contributed by atoms with E-state index in [1.165, 1.54) is 24.3 Å². The fraction of sp³-hybridized carbons (Fsp3) is 0.737. The van der Waals surface area contributed by atoms with Crippen LogP contribution in [0.25, 0.3) is 0 Å². The number of fused-ring (bicyclic) bond motifs is 1. The van der Waals surface area contributed by atoms with Gasteiger partial charge in [-0.3, -0.25) is 32.9 Å². The van der Waals surface area contributed by atoms with Crippen LogP contribution in [0.5, 0.6) is 0 Å². The number of amides is 1. The van der Waals surface area contributed by atoms with Crippen molar-refractivity contribution in [2.75, 3.05) is 20.3 Å². The molecule has 12 nitrogen and oxygen atoms in total. The quantitative estimate of drug-likeness (QED) is 0.298. The third-order valence-electron chi connectivity index (χ3n) is 5.23. The van der Waals surface area contributed by atoms with E-state index in [1.807, 2.05) is 0 Å². The van der Waals surface area contributed by atoms with Crippen molar-refractivity contribution in [1.82, 2.24) is 4.90 Å². The Hall–Kier alpha value is -1.66. The highest BCUT2D eigenvalue weighted by molar-refractivity contribution is 7.48. The Bertz CT molecular complexity index is 829. The largest absolute Gasteiger partial charge is 0.475 e. The summed E-state index contributed by atoms with van der Waals surface area (Å²) in [6, 6.07) is 0. The molecule has 180 valence electrons. The first-order valence-electron chi connectivity index (χ1n) is 10.2. The van der Waals surface area contributed by atoms with Crippen molar-refractivity contribution in [2.45, 2.75) is 69.8 Å². The molecule has 2 N–H and O–H groups in total. The number of carbonyl (C=O) groups is 3. The molecule has 32 heavy (non-hydrogen) atoms. The number of esters is 1. The summed E-state index contributed by atoms with van der Waals surface area (Å²) >= 11 is 0. The predicted octanol–water partition coefficient (Wildman–Crippen LogP) is 0.641. The number of methoxy groups -OCH3 is 1. The smallest absolute Gasteiger partial charge is 0.463 e. The molecule has 2 fully saturated rings. The summed E-state index contributed by atoms with van der Waals surface area (Å²) in [5.74, 6) is -1.27. The molecular formula is C19H29N2O10P. The number of ether oxygens (including phenoxy) is 3. The van der Waals surface area contributed by atoms with Crippen LogP contribution in [-0.2, 0) is 46.7 Å². The predicted molar refractivity (Wildman–Crippen MR) is 108 cm³/mol. The molecule has 0 aromatic rings. The van der Waals surface area contributed by atoms with Crippen LogP contribution in [0.1, 0.15) is 33.6 Å². The number of rotatable bonds is 8. The molecule has 3 aliphatic rings. The maximum absolute atomic E-state index is 13.0. The molecular weight excluding hydrogens is 447 g/mol. The van der Waals surface area contributed by atoms with Crippen LogP contribution in [0.15, 0.2) is 12.3 Å². The van der Waals surface area contributed by atoms with E-state index in [0.717, 1.165) is 0 Å². The zero-order valence-electron chi connectivity index (χ0n) is 18.4. The molecule has 3 aliphatic heterocycles. The highest BCUT2D eigenvalue weighted by Crippen LogP contribution is 2.57. The van der Waals surface area contributed by atoms with Crippen LogP contribution >= 0.6 is 7.82 Å². The Morgan fingerprint density at radius 3 is 2.75 bits per heavy atom. The summed E-state index contributed by atoms with van der Waals surface area (Å²) in [7, 11) is -2.68. The Balaban J connectivity index is 1.64. The van der Waals surface area contributed by atoms with E-state index in [9.17, 15) is 18.9 Å². The summed E-state index contributed by atoms with van der Waals surface area (Å²) in [4.78, 5) is 36.8. The van der Waals surface area contributed by atoms with Gasteiger partial charge in [0, 0.05) is 13.3 Å². The molecule has 0 aromatic carbocycles. The first-order valence-corrected chi connectivity index (χ1v) is 11.7. The van der Waals surface area contributed by atoms with Gasteiger partial charge in [-0.15, -0.1) is 0 Å². The topological polar surface area (TPSA) is 153 Å². The Morgan fingerprint density at radius 1 is 1.41 bits per heavy atom. The van der Waals surface area contributed by atoms with Gasteiger partial charge in [0.1, 0.15) is 12.2 Å². The average molecular weight is 476 g/mol. The molecule has 0 bridgehead atoms. The Labute approximate surface area is 185 Å². The fourth-order valence-electron chi connectivity index (χ4n) is 3.64. The second kappa shape index (κ2) is 9.68. The minimum atomic E-state index is -4.06. The molecule has 6 atom stereocenters. The van der Waals surface area contributed by atoms with E-state index in [1.54, 1.807) is 20.8 Å². The molecule has 0 saturated carbocycles. The maximum Gasteiger partial charge on any atom is 0.475 e. The van der Waals surface area contributed by atoms with Gasteiger partial charge in [-0.25, -0.2) is 4.57 Å². The molecule has 3 rings (SSSR count). The van der Waals surface area contributed by atoms with Gasteiger partial charge in [0.2, 0.25) is 5.91 Å². The third kappa shape index (κ3) is 5.45. The van der Waals surface area contributed by atoms with Gasteiger partial charge < -0.3 is 19.9 Å². The monoisotopic (exact) mass is 476 g/mol. The van der Waals surface area contributed by atoms with E-state index < -0.39 is 49.8 Å². The van der Waals surface area contributed by atoms with Gasteiger partial charge in [-0.2, -0.15) is 0 Å². The lowest BCUT2D eigenvalue weighted by atomic mass is 9.92. The third-order valence-corrected chi connectivity index (χ3v) is 6.64. The van der Waals surface area contributed by atoms with E-state index in [-0.39, 0.29) is 37.9 Å². The number of phosphoric ester groups is 1. The number of allylic oxidation sites excluding steroid dienone is 1. The van der Waals surface area contributed by atoms with Gasteiger partial charge in [-0.1, -0.05) is 0 Å². The van der Waals surface area contributed by atoms with Crippen LogP contribution in [0.2, 0.25) is 0 Å². The first-order chi connectivity index (χ1) is 14.9. The summed E-state index contributed by atoms with van der Waals surface area (Å²) in [6.45, 7) is 4.64. The fourth-order valence-corrected chi connectivity index (χ4v) is 5.15. The van der Waals surface area contributed by atoms with Crippen LogP contribution in [0.3, 0.4) is 0 Å². The van der Waals surface area contributed by atoms with Crippen molar-refractivity contribution in [3.63, 3.8) is 0 Å². The normalized spacial score (nSPS) is 35.8. The van der Waals surface area contributed by atoms with Gasteiger partial charge in [-0.05, 0) is 26.8 Å². The lowest BCUT2D eigenvalue weighted by Gasteiger charge is -2.38. The van der Waals surface area contributed by atoms with Gasteiger partial charge >= 0.3 is 13.8 Å². The number of hydrogen-bond donors (Lipinski definition) is 1. The van der Waals surface area contributed by atoms with Gasteiger partial charge in [0.05, 0.1) is 43.8 Å². The zero-order valence-corrected chi connectivity index (χ0v) is 19.3. The number of carbonyl (C=O) groups excluding carboxylic acids is 3. The lowest BCUT2D eigenvalue weighted by molar-refractivity contribution is -0.151. The van der Waals surface area contributed by atoms with Crippen molar-refractivity contribution in [3.05, 3.63) is 12.3 Å². The molecule has 0 aromatic heterocycles. The van der Waals surface area contributed by atoms with Gasteiger partial charge in [0.25, 0.3) is 0 Å². The molecule has 2 saturated heterocycles. The zero-order chi connectivity index (χ0) is 23.7. The van der Waals surface area contributed by atoms with Crippen LogP contribution < -0.4 is 5.73 Å². The molecule has 0 radical (unpaired) electrons. The maximum atomic E-state index is 13.0. The molecule has 0 spiro atoms. The lowest BCUT2D eigenvalue weighted by Crippen LogP contribution is -2.60. The number of nitrogens with two attached hydrogens (primary N) is 1. The summed E-state index contributed by atoms with van der Waals surface area (Å²) in [6.07, 6.45) is -1.42. The van der Waals surface area contributed by atoms with Crippen molar-refractivity contribution in [2.24, 2.45) is 5.73 Å². The Morgan fingerprint density at radius 2 is 2.12 bits per heavy atom. The number of nitrogens with zero attached hydrogens (tertiary/aromatic N) is 1. The second-order valence-electron chi connectivity index (χ2n) is 8.32. The number of hydrogen-bond acceptors (Lipinski definition) is 11. The number of ketones is 1. The number of phosphoric acid groups is 1. The van der Waals surface area contributed by atoms with Crippen LogP contribution in [-0.4, -0.2) is 79.1 Å². The van der Waals surface area contributed by atoms with Crippen molar-refractivity contribution >= 4 is 25.5 Å². The Kier molecular flexibility index (Phi) is 7.55. The molecule has 0 unspecified atom stereocenters. The summed E-state index contributed by atoms with van der Waals surface area (Å²) in [5, 5.41) is 0. The van der Waals surface area contributed by atoms with Crippen LogP contribution in [0, 0.1) is 0 Å². The molecule has 1 amide bonds. The summed E-state index contributed by atoms with van der Waals surface area (Å²) < 4.78 is 45.5. The van der Waals surface area contributed by atoms with E-state index in [0.29, 0.717) is 0 Å². The van der Waals surface area contributed by atoms with E-state index >= 15 is 0 Å². The molecule has 13 heteroatoms. The summed E-state index contributed by atoms with van der Waals surface area (Å²) in [5.41, 5.74) is 5.16. The molecule has 0 aliphatic carbocycles. The minimum Gasteiger partial charge on any atom is -0.463 e. The first kappa shape index (κ1) is 25.0. The minimum absolute atomic E-state index is 0.108. The van der Waals surface area contributed by atoms with Crippen LogP contribution in [0.4, 0.5) is 0 Å². The highest BCUT2D eigenvalue weighted by Gasteiger charge is 2.60. The van der Waals surface area contributed by atoms with E-state index in [4.69, 9.17) is 33.5 Å². The second-order valence-corrected chi connectivity index (χ2v) is 9.94. The van der Waals surface area contributed by atoms with Gasteiger partial charge in [0.15, 0.2) is 12.0 Å². The van der Waals surface area contributed by atoms with Crippen molar-refractivity contribution in [3.8, 4) is 0 Å². The average Bonchev–Trinajstić information content (AvgIpc) is 2.95.